The van der Waals surface area contributed by atoms with Crippen molar-refractivity contribution in [2.45, 2.75) is 32.5 Å². The zero-order valence-corrected chi connectivity index (χ0v) is 14.8. The molecule has 0 amide bonds. The van der Waals surface area contributed by atoms with Gasteiger partial charge in [-0.25, -0.2) is 4.68 Å². The summed E-state index contributed by atoms with van der Waals surface area (Å²) in [7, 11) is 1.62. The van der Waals surface area contributed by atoms with Gasteiger partial charge in [-0.05, 0) is 38.3 Å². The van der Waals surface area contributed by atoms with Gasteiger partial charge in [0, 0.05) is 26.7 Å². The average molecular weight is 369 g/mol. The van der Waals surface area contributed by atoms with E-state index in [0.29, 0.717) is 12.0 Å². The number of aromatic nitrogens is 2. The summed E-state index contributed by atoms with van der Waals surface area (Å²) in [5.41, 5.74) is 1.83. The van der Waals surface area contributed by atoms with E-state index < -0.39 is 12.8 Å². The van der Waals surface area contributed by atoms with Gasteiger partial charge in [-0.2, -0.15) is 18.3 Å². The lowest BCUT2D eigenvalue weighted by atomic mass is 9.86. The minimum atomic E-state index is -4.34. The lowest BCUT2D eigenvalue weighted by molar-refractivity contribution is -0.154. The van der Waals surface area contributed by atoms with Crippen LogP contribution in [-0.4, -0.2) is 53.6 Å². The Hall–Kier alpha value is -0.990. The van der Waals surface area contributed by atoms with Crippen molar-refractivity contribution in [2.24, 2.45) is 12.5 Å². The molecule has 1 aromatic rings. The van der Waals surface area contributed by atoms with Crippen molar-refractivity contribution in [3.05, 3.63) is 11.3 Å². The molecule has 3 rings (SSSR count). The molecule has 9 heteroatoms. The van der Waals surface area contributed by atoms with Crippen molar-refractivity contribution in [3.8, 4) is 5.88 Å². The first-order valence-electron chi connectivity index (χ1n) is 7.93. The number of hydrogen-bond acceptors (Lipinski definition) is 4. The van der Waals surface area contributed by atoms with Gasteiger partial charge in [-0.3, -0.25) is 4.90 Å². The molecule has 1 aromatic heterocycles. The van der Waals surface area contributed by atoms with E-state index in [9.17, 15) is 13.2 Å². The second kappa shape index (κ2) is 7.09. The Morgan fingerprint density at radius 2 is 2.08 bits per heavy atom. The fraction of sp³-hybridized carbons (Fsp3) is 0.800. The standard InChI is InChI=1S/C15H23F3N4O.ClH/c1-11-12(13(21(2)20-11)23-10-15(16,17)18)7-22-6-4-14(9-22)3-5-19-8-14;/h19H,3-10H2,1-2H3;1H. The highest BCUT2D eigenvalue weighted by Gasteiger charge is 2.40. The van der Waals surface area contributed by atoms with Gasteiger partial charge in [0.25, 0.3) is 0 Å². The molecule has 0 radical (unpaired) electrons. The molecule has 2 saturated heterocycles. The van der Waals surface area contributed by atoms with Gasteiger partial charge in [0.15, 0.2) is 6.61 Å². The first-order chi connectivity index (χ1) is 10.8. The predicted octanol–water partition coefficient (Wildman–Crippen LogP) is 2.28. The topological polar surface area (TPSA) is 42.3 Å². The maximum atomic E-state index is 12.4. The van der Waals surface area contributed by atoms with Crippen LogP contribution in [0.3, 0.4) is 0 Å². The zero-order valence-electron chi connectivity index (χ0n) is 13.9. The van der Waals surface area contributed by atoms with Crippen LogP contribution in [0, 0.1) is 12.3 Å². The molecular formula is C15H24ClF3N4O. The fourth-order valence-corrected chi connectivity index (χ4v) is 3.72. The number of alkyl halides is 3. The number of ether oxygens (including phenoxy) is 1. The highest BCUT2D eigenvalue weighted by Crippen LogP contribution is 2.37. The van der Waals surface area contributed by atoms with Crippen LogP contribution < -0.4 is 10.1 Å². The van der Waals surface area contributed by atoms with Crippen LogP contribution in [0.1, 0.15) is 24.1 Å². The third kappa shape index (κ3) is 4.15. The van der Waals surface area contributed by atoms with Gasteiger partial charge < -0.3 is 10.1 Å². The number of aryl methyl sites for hydroxylation is 2. The number of rotatable bonds is 4. The van der Waals surface area contributed by atoms with Crippen LogP contribution in [-0.2, 0) is 13.6 Å². The van der Waals surface area contributed by atoms with E-state index in [0.717, 1.165) is 43.9 Å². The van der Waals surface area contributed by atoms with E-state index in [-0.39, 0.29) is 18.3 Å². The van der Waals surface area contributed by atoms with E-state index in [1.165, 1.54) is 11.1 Å². The molecule has 0 bridgehead atoms. The lowest BCUT2D eigenvalue weighted by Gasteiger charge is -2.23. The van der Waals surface area contributed by atoms with Gasteiger partial charge in [0.05, 0.1) is 11.3 Å². The maximum absolute atomic E-state index is 12.4. The molecule has 2 aliphatic heterocycles. The Morgan fingerprint density at radius 3 is 2.71 bits per heavy atom. The summed E-state index contributed by atoms with van der Waals surface area (Å²) >= 11 is 0. The van der Waals surface area contributed by atoms with E-state index >= 15 is 0 Å². The van der Waals surface area contributed by atoms with Crippen molar-refractivity contribution < 1.29 is 17.9 Å². The van der Waals surface area contributed by atoms with Crippen LogP contribution in [0.15, 0.2) is 0 Å². The SMILES string of the molecule is Cc1nn(C)c(OCC(F)(F)F)c1CN1CCC2(CCNC2)C1.Cl. The average Bonchev–Trinajstić information content (AvgIpc) is 3.12. The Labute approximate surface area is 145 Å². The zero-order chi connectivity index (χ0) is 16.7. The molecule has 0 saturated carbocycles. The molecule has 3 heterocycles. The second-order valence-corrected chi connectivity index (χ2v) is 6.78. The van der Waals surface area contributed by atoms with Crippen molar-refractivity contribution in [1.82, 2.24) is 20.0 Å². The van der Waals surface area contributed by atoms with Crippen molar-refractivity contribution >= 4 is 12.4 Å². The monoisotopic (exact) mass is 368 g/mol. The first-order valence-corrected chi connectivity index (χ1v) is 7.93. The van der Waals surface area contributed by atoms with Gasteiger partial charge in [0.1, 0.15) is 0 Å². The molecule has 1 N–H and O–H groups in total. The van der Waals surface area contributed by atoms with Crippen LogP contribution in [0.5, 0.6) is 5.88 Å². The van der Waals surface area contributed by atoms with E-state index in [1.54, 1.807) is 7.05 Å². The quantitative estimate of drug-likeness (QED) is 0.885. The molecule has 0 aliphatic carbocycles. The molecule has 0 aromatic carbocycles. The van der Waals surface area contributed by atoms with Crippen LogP contribution in [0.2, 0.25) is 0 Å². The second-order valence-electron chi connectivity index (χ2n) is 6.78. The lowest BCUT2D eigenvalue weighted by Crippen LogP contribution is -2.29. The largest absolute Gasteiger partial charge is 0.468 e. The molecule has 1 atom stereocenters. The summed E-state index contributed by atoms with van der Waals surface area (Å²) < 4.78 is 43.8. The maximum Gasteiger partial charge on any atom is 0.422 e. The summed E-state index contributed by atoms with van der Waals surface area (Å²) in [6.07, 6.45) is -2.03. The first kappa shape index (κ1) is 19.3. The molecule has 5 nitrogen and oxygen atoms in total. The Balaban J connectivity index is 0.00000208. The summed E-state index contributed by atoms with van der Waals surface area (Å²) in [5, 5.41) is 7.64. The number of nitrogens with zero attached hydrogens (tertiary/aromatic N) is 3. The summed E-state index contributed by atoms with van der Waals surface area (Å²) in [5.74, 6) is 0.227. The van der Waals surface area contributed by atoms with Gasteiger partial charge in [-0.15, -0.1) is 12.4 Å². The molecule has 1 unspecified atom stereocenters. The summed E-state index contributed by atoms with van der Waals surface area (Å²) in [6.45, 7) is 5.16. The molecule has 138 valence electrons. The number of halogens is 4. The van der Waals surface area contributed by atoms with Crippen molar-refractivity contribution in [3.63, 3.8) is 0 Å². The molecule has 24 heavy (non-hydrogen) atoms. The molecular weight excluding hydrogens is 345 g/mol. The van der Waals surface area contributed by atoms with Crippen molar-refractivity contribution in [2.75, 3.05) is 32.8 Å². The van der Waals surface area contributed by atoms with E-state index in [1.807, 2.05) is 6.92 Å². The predicted molar refractivity (Wildman–Crippen MR) is 86.6 cm³/mol. The van der Waals surface area contributed by atoms with Gasteiger partial charge >= 0.3 is 6.18 Å². The summed E-state index contributed by atoms with van der Waals surface area (Å²) in [4.78, 5) is 2.30. The Kier molecular flexibility index (Phi) is 5.71. The normalized spacial score (nSPS) is 24.5. The number of nitrogens with one attached hydrogen (secondary N) is 1. The molecule has 2 aliphatic rings. The molecule has 2 fully saturated rings. The van der Waals surface area contributed by atoms with Gasteiger partial charge in [0.2, 0.25) is 5.88 Å². The van der Waals surface area contributed by atoms with Crippen LogP contribution >= 0.6 is 12.4 Å². The van der Waals surface area contributed by atoms with Crippen LogP contribution in [0.4, 0.5) is 13.2 Å². The van der Waals surface area contributed by atoms with Crippen LogP contribution in [0.25, 0.3) is 0 Å². The Bertz CT molecular complexity index is 570. The third-order valence-corrected chi connectivity index (χ3v) is 4.89. The highest BCUT2D eigenvalue weighted by molar-refractivity contribution is 5.85. The summed E-state index contributed by atoms with van der Waals surface area (Å²) in [6, 6.07) is 0. The van der Waals surface area contributed by atoms with E-state index in [4.69, 9.17) is 4.74 Å². The van der Waals surface area contributed by atoms with Crippen molar-refractivity contribution in [1.29, 1.82) is 0 Å². The number of likely N-dealkylation sites (tertiary alicyclic amines) is 1. The smallest absolute Gasteiger partial charge is 0.422 e. The van der Waals surface area contributed by atoms with E-state index in [2.05, 4.69) is 15.3 Å². The minimum Gasteiger partial charge on any atom is -0.468 e. The molecule has 1 spiro atoms. The highest BCUT2D eigenvalue weighted by atomic mass is 35.5. The Morgan fingerprint density at radius 1 is 1.33 bits per heavy atom. The third-order valence-electron chi connectivity index (χ3n) is 4.89. The number of hydrogen-bond donors (Lipinski definition) is 1. The fourth-order valence-electron chi connectivity index (χ4n) is 3.72. The van der Waals surface area contributed by atoms with Gasteiger partial charge in [-0.1, -0.05) is 0 Å². The minimum absolute atomic E-state index is 0.